The number of hydrogen-bond donors (Lipinski definition) is 0. The summed E-state index contributed by atoms with van der Waals surface area (Å²) in [5.74, 6) is 3.59. The molecule has 0 amide bonds. The van der Waals surface area contributed by atoms with Crippen LogP contribution in [0.15, 0.2) is 54.9 Å². The molecule has 7 heteroatoms. The molecular weight excluding hydrogens is 478 g/mol. The molecule has 7 nitrogen and oxygen atoms in total. The van der Waals surface area contributed by atoms with Crippen molar-refractivity contribution in [3.05, 3.63) is 71.8 Å². The Morgan fingerprint density at radius 1 is 0.974 bits per heavy atom. The van der Waals surface area contributed by atoms with Crippen LogP contribution in [0.3, 0.4) is 0 Å². The van der Waals surface area contributed by atoms with Crippen LogP contribution in [-0.4, -0.2) is 60.6 Å². The topological polar surface area (TPSA) is 58.0 Å². The highest BCUT2D eigenvalue weighted by Crippen LogP contribution is 2.31. The van der Waals surface area contributed by atoms with Crippen molar-refractivity contribution in [3.63, 3.8) is 0 Å². The Morgan fingerprint density at radius 2 is 1.82 bits per heavy atom. The van der Waals surface area contributed by atoms with Gasteiger partial charge in [-0.15, -0.1) is 0 Å². The summed E-state index contributed by atoms with van der Waals surface area (Å²) in [4.78, 5) is 6.90. The van der Waals surface area contributed by atoms with Crippen molar-refractivity contribution >= 4 is 0 Å². The summed E-state index contributed by atoms with van der Waals surface area (Å²) in [6.45, 7) is 9.16. The van der Waals surface area contributed by atoms with E-state index in [-0.39, 0.29) is 5.60 Å². The zero-order valence-electron chi connectivity index (χ0n) is 23.4. The van der Waals surface area contributed by atoms with Crippen LogP contribution in [0.5, 0.6) is 17.2 Å². The number of aromatic nitrogens is 2. The zero-order chi connectivity index (χ0) is 26.8. The molecule has 1 aromatic heterocycles. The van der Waals surface area contributed by atoms with E-state index in [1.807, 2.05) is 37.7 Å². The van der Waals surface area contributed by atoms with Crippen LogP contribution in [0.25, 0.3) is 0 Å². The number of nitrogens with zero attached hydrogens (tertiary/aromatic N) is 3. The average Bonchev–Trinajstić information content (AvgIpc) is 3.31. The normalized spacial score (nSPS) is 18.2. The van der Waals surface area contributed by atoms with Gasteiger partial charge >= 0.3 is 0 Å². The molecule has 4 rings (SSSR count). The predicted octanol–water partition coefficient (Wildman–Crippen LogP) is 5.68. The van der Waals surface area contributed by atoms with Gasteiger partial charge in [0.1, 0.15) is 23.8 Å². The smallest absolute Gasteiger partial charge is 0.161 e. The molecule has 3 aromatic rings. The van der Waals surface area contributed by atoms with Crippen molar-refractivity contribution in [3.8, 4) is 17.2 Å². The third-order valence-corrected chi connectivity index (χ3v) is 7.50. The van der Waals surface area contributed by atoms with Gasteiger partial charge < -0.3 is 23.5 Å². The molecule has 0 N–H and O–H groups in total. The van der Waals surface area contributed by atoms with Crippen LogP contribution in [-0.2, 0) is 24.2 Å². The first-order valence-corrected chi connectivity index (χ1v) is 13.8. The number of hydrogen-bond acceptors (Lipinski definition) is 6. The molecule has 206 valence electrons. The minimum absolute atomic E-state index is 0.263. The molecule has 0 bridgehead atoms. The minimum Gasteiger partial charge on any atom is -0.493 e. The van der Waals surface area contributed by atoms with Gasteiger partial charge in [-0.3, -0.25) is 4.90 Å². The maximum Gasteiger partial charge on any atom is 0.161 e. The van der Waals surface area contributed by atoms with Crippen molar-refractivity contribution in [2.24, 2.45) is 0 Å². The second kappa shape index (κ2) is 13.7. The van der Waals surface area contributed by atoms with Gasteiger partial charge in [0.25, 0.3) is 0 Å². The van der Waals surface area contributed by atoms with Crippen molar-refractivity contribution in [1.82, 2.24) is 14.5 Å². The molecular formula is C31H43N3O4. The number of methoxy groups -OCH3 is 2. The quantitative estimate of drug-likeness (QED) is 0.270. The van der Waals surface area contributed by atoms with Crippen LogP contribution in [0, 0.1) is 6.92 Å². The first kappa shape index (κ1) is 28.0. The SMILES string of the molecule is CCc1nccn1CCCOc1cc(CN2CCC[C@@](COc3ccc(C)cc3)(OC)CC2)ccc1OC. The van der Waals surface area contributed by atoms with Gasteiger partial charge in [0.15, 0.2) is 11.5 Å². The van der Waals surface area contributed by atoms with Gasteiger partial charge in [0.2, 0.25) is 0 Å². The molecule has 1 fully saturated rings. The van der Waals surface area contributed by atoms with E-state index >= 15 is 0 Å². The lowest BCUT2D eigenvalue weighted by molar-refractivity contribution is -0.0541. The molecule has 2 aromatic carbocycles. The molecule has 0 aliphatic carbocycles. The number of rotatable bonds is 13. The molecule has 0 radical (unpaired) electrons. The summed E-state index contributed by atoms with van der Waals surface area (Å²) in [7, 11) is 3.51. The number of likely N-dealkylation sites (tertiary alicyclic amines) is 1. The largest absolute Gasteiger partial charge is 0.493 e. The van der Waals surface area contributed by atoms with E-state index in [4.69, 9.17) is 18.9 Å². The fourth-order valence-corrected chi connectivity index (χ4v) is 5.10. The molecule has 38 heavy (non-hydrogen) atoms. The summed E-state index contributed by atoms with van der Waals surface area (Å²) < 4.78 is 26.2. The van der Waals surface area contributed by atoms with E-state index in [1.54, 1.807) is 7.11 Å². The van der Waals surface area contributed by atoms with Crippen LogP contribution < -0.4 is 14.2 Å². The summed E-state index contributed by atoms with van der Waals surface area (Å²) in [5.41, 5.74) is 2.20. The van der Waals surface area contributed by atoms with E-state index in [9.17, 15) is 0 Å². The second-order valence-corrected chi connectivity index (χ2v) is 10.2. The lowest BCUT2D eigenvalue weighted by Crippen LogP contribution is -2.39. The van der Waals surface area contributed by atoms with Gasteiger partial charge in [-0.1, -0.05) is 30.7 Å². The Hall–Kier alpha value is -3.03. The van der Waals surface area contributed by atoms with Crippen molar-refractivity contribution in [2.75, 3.05) is 40.5 Å². The third kappa shape index (κ3) is 7.51. The molecule has 0 spiro atoms. The number of aryl methyl sites for hydroxylation is 3. The van der Waals surface area contributed by atoms with Crippen LogP contribution >= 0.6 is 0 Å². The highest BCUT2D eigenvalue weighted by atomic mass is 16.5. The van der Waals surface area contributed by atoms with E-state index in [0.29, 0.717) is 13.2 Å². The highest BCUT2D eigenvalue weighted by Gasteiger charge is 2.33. The molecule has 0 saturated carbocycles. The number of ether oxygens (including phenoxy) is 4. The lowest BCUT2D eigenvalue weighted by Gasteiger charge is -2.31. The van der Waals surface area contributed by atoms with Crippen molar-refractivity contribution in [2.45, 2.75) is 64.6 Å². The fourth-order valence-electron chi connectivity index (χ4n) is 5.10. The average molecular weight is 522 g/mol. The molecule has 1 saturated heterocycles. The third-order valence-electron chi connectivity index (χ3n) is 7.50. The minimum atomic E-state index is -0.263. The van der Waals surface area contributed by atoms with E-state index < -0.39 is 0 Å². The standard InChI is InChI=1S/C31H43N3O4/c1-5-30-32-16-20-34(30)18-7-21-37-29-22-26(10-13-28(29)35-3)23-33-17-6-14-31(36-4,15-19-33)24-38-27-11-8-25(2)9-12-27/h8-13,16,20,22H,5-7,14-15,17-19,21,23-24H2,1-4H3/t31-/m1/s1. The van der Waals surface area contributed by atoms with Crippen LogP contribution in [0.4, 0.5) is 0 Å². The molecule has 2 heterocycles. The van der Waals surface area contributed by atoms with Gasteiger partial charge in [-0.25, -0.2) is 4.98 Å². The summed E-state index contributed by atoms with van der Waals surface area (Å²) in [5, 5.41) is 0. The molecule has 1 atom stereocenters. The first-order valence-electron chi connectivity index (χ1n) is 13.8. The zero-order valence-corrected chi connectivity index (χ0v) is 23.4. The number of imidazole rings is 1. The Bertz CT molecular complexity index is 1130. The lowest BCUT2D eigenvalue weighted by atomic mass is 9.95. The van der Waals surface area contributed by atoms with E-state index in [0.717, 1.165) is 81.4 Å². The van der Waals surface area contributed by atoms with Crippen LogP contribution in [0.2, 0.25) is 0 Å². The van der Waals surface area contributed by atoms with Crippen LogP contribution in [0.1, 0.15) is 49.6 Å². The maximum atomic E-state index is 6.17. The second-order valence-electron chi connectivity index (χ2n) is 10.2. The van der Waals surface area contributed by atoms with Gasteiger partial charge in [-0.05, 0) is 69.0 Å². The summed E-state index contributed by atoms with van der Waals surface area (Å²) in [6.07, 6.45) is 8.73. The Morgan fingerprint density at radius 3 is 2.58 bits per heavy atom. The molecule has 0 unspecified atom stereocenters. The first-order chi connectivity index (χ1) is 18.5. The monoisotopic (exact) mass is 521 g/mol. The van der Waals surface area contributed by atoms with E-state index in [2.05, 4.69) is 52.6 Å². The van der Waals surface area contributed by atoms with Crippen molar-refractivity contribution < 1.29 is 18.9 Å². The highest BCUT2D eigenvalue weighted by molar-refractivity contribution is 5.43. The predicted molar refractivity (Wildman–Crippen MR) is 150 cm³/mol. The molecule has 1 aliphatic rings. The summed E-state index contributed by atoms with van der Waals surface area (Å²) in [6, 6.07) is 14.5. The van der Waals surface area contributed by atoms with E-state index in [1.165, 1.54) is 11.1 Å². The number of benzene rings is 2. The Balaban J connectivity index is 1.30. The fraction of sp³-hybridized carbons (Fsp3) is 0.516. The van der Waals surface area contributed by atoms with Gasteiger partial charge in [0.05, 0.1) is 13.7 Å². The van der Waals surface area contributed by atoms with Gasteiger partial charge in [-0.2, -0.15) is 0 Å². The Labute approximate surface area is 227 Å². The summed E-state index contributed by atoms with van der Waals surface area (Å²) >= 11 is 0. The van der Waals surface area contributed by atoms with Gasteiger partial charge in [0, 0.05) is 45.6 Å². The van der Waals surface area contributed by atoms with Crippen molar-refractivity contribution in [1.29, 1.82) is 0 Å². The molecule has 1 aliphatic heterocycles. The Kier molecular flexibility index (Phi) is 10.1. The maximum absolute atomic E-state index is 6.17.